The quantitative estimate of drug-likeness (QED) is 0.231. The van der Waals surface area contributed by atoms with E-state index >= 15 is 0 Å². The highest BCUT2D eigenvalue weighted by molar-refractivity contribution is 14.1. The SMILES string of the molecule is N#C/C(=C/c1ccc(-c2cccc([N+](=O)[O-])c2)o1)c1ccc(I)cc1. The number of halogens is 1. The van der Waals surface area contributed by atoms with Gasteiger partial charge in [0.1, 0.15) is 11.5 Å². The third-order valence-corrected chi connectivity index (χ3v) is 4.25. The van der Waals surface area contributed by atoms with E-state index in [0.29, 0.717) is 22.7 Å². The summed E-state index contributed by atoms with van der Waals surface area (Å²) in [7, 11) is 0. The Kier molecular flexibility index (Phi) is 4.95. The van der Waals surface area contributed by atoms with Gasteiger partial charge in [-0.25, -0.2) is 0 Å². The first kappa shape index (κ1) is 16.9. The zero-order valence-corrected chi connectivity index (χ0v) is 15.0. The maximum Gasteiger partial charge on any atom is 0.270 e. The van der Waals surface area contributed by atoms with Gasteiger partial charge in [-0.05, 0) is 58.5 Å². The number of nitro benzene ring substituents is 1. The molecule has 3 aromatic rings. The zero-order chi connectivity index (χ0) is 17.8. The van der Waals surface area contributed by atoms with E-state index in [0.717, 1.165) is 9.13 Å². The first-order valence-electron chi connectivity index (χ1n) is 7.29. The molecule has 0 radical (unpaired) electrons. The maximum atomic E-state index is 10.9. The number of nitro groups is 1. The number of hydrogen-bond acceptors (Lipinski definition) is 4. The van der Waals surface area contributed by atoms with Crippen molar-refractivity contribution in [1.29, 1.82) is 5.26 Å². The maximum absolute atomic E-state index is 10.9. The second-order valence-corrected chi connectivity index (χ2v) is 6.43. The summed E-state index contributed by atoms with van der Waals surface area (Å²) in [6.45, 7) is 0. The number of benzene rings is 2. The highest BCUT2D eigenvalue weighted by Crippen LogP contribution is 2.27. The van der Waals surface area contributed by atoms with Crippen LogP contribution in [0.1, 0.15) is 11.3 Å². The van der Waals surface area contributed by atoms with E-state index in [4.69, 9.17) is 4.42 Å². The van der Waals surface area contributed by atoms with Crippen LogP contribution in [0.15, 0.2) is 65.1 Å². The van der Waals surface area contributed by atoms with Crippen molar-refractivity contribution in [3.8, 4) is 17.4 Å². The lowest BCUT2D eigenvalue weighted by Crippen LogP contribution is -1.87. The van der Waals surface area contributed by atoms with Crippen LogP contribution in [0.2, 0.25) is 0 Å². The van der Waals surface area contributed by atoms with E-state index in [1.165, 1.54) is 12.1 Å². The van der Waals surface area contributed by atoms with E-state index < -0.39 is 4.92 Å². The van der Waals surface area contributed by atoms with Crippen LogP contribution in [0, 0.1) is 25.0 Å². The number of furan rings is 1. The van der Waals surface area contributed by atoms with Gasteiger partial charge in [-0.2, -0.15) is 5.26 Å². The number of nitriles is 1. The molecule has 3 rings (SSSR count). The third-order valence-electron chi connectivity index (χ3n) is 3.53. The molecule has 0 aliphatic rings. The molecule has 1 aromatic heterocycles. The fourth-order valence-corrected chi connectivity index (χ4v) is 2.67. The molecule has 0 amide bonds. The number of hydrogen-bond donors (Lipinski definition) is 0. The van der Waals surface area contributed by atoms with Crippen LogP contribution in [-0.4, -0.2) is 4.92 Å². The molecule has 0 fully saturated rings. The normalized spacial score (nSPS) is 11.1. The Balaban J connectivity index is 1.93. The van der Waals surface area contributed by atoms with Crippen molar-refractivity contribution in [2.24, 2.45) is 0 Å². The second-order valence-electron chi connectivity index (χ2n) is 5.19. The Labute approximate surface area is 157 Å². The molecule has 2 aromatic carbocycles. The van der Waals surface area contributed by atoms with Crippen molar-refractivity contribution in [3.63, 3.8) is 0 Å². The van der Waals surface area contributed by atoms with Crippen molar-refractivity contribution in [1.82, 2.24) is 0 Å². The lowest BCUT2D eigenvalue weighted by Gasteiger charge is -1.99. The van der Waals surface area contributed by atoms with Gasteiger partial charge in [0.15, 0.2) is 0 Å². The number of non-ortho nitro benzene ring substituents is 1. The summed E-state index contributed by atoms with van der Waals surface area (Å²) < 4.78 is 6.82. The zero-order valence-electron chi connectivity index (χ0n) is 12.8. The van der Waals surface area contributed by atoms with Crippen molar-refractivity contribution < 1.29 is 9.34 Å². The number of rotatable bonds is 4. The topological polar surface area (TPSA) is 80.1 Å². The minimum atomic E-state index is -0.447. The highest BCUT2D eigenvalue weighted by atomic mass is 127. The molecular weight excluding hydrogens is 431 g/mol. The van der Waals surface area contributed by atoms with Crippen molar-refractivity contribution in [3.05, 3.63) is 85.7 Å². The van der Waals surface area contributed by atoms with Gasteiger partial charge >= 0.3 is 0 Å². The van der Waals surface area contributed by atoms with Gasteiger partial charge in [-0.15, -0.1) is 0 Å². The Hall–Kier alpha value is -2.92. The summed E-state index contributed by atoms with van der Waals surface area (Å²) >= 11 is 2.20. The average Bonchev–Trinajstić information content (AvgIpc) is 3.09. The molecule has 0 aliphatic carbocycles. The summed E-state index contributed by atoms with van der Waals surface area (Å²) in [6, 6.07) is 19.5. The van der Waals surface area contributed by atoms with E-state index in [-0.39, 0.29) is 5.69 Å². The fraction of sp³-hybridized carbons (Fsp3) is 0. The summed E-state index contributed by atoms with van der Waals surface area (Å²) in [5, 5.41) is 20.3. The molecule has 1 heterocycles. The number of allylic oxidation sites excluding steroid dienone is 1. The van der Waals surface area contributed by atoms with Crippen LogP contribution in [0.5, 0.6) is 0 Å². The van der Waals surface area contributed by atoms with Crippen LogP contribution in [0.3, 0.4) is 0 Å². The Morgan fingerprint density at radius 2 is 1.92 bits per heavy atom. The molecule has 0 atom stereocenters. The molecule has 0 unspecified atom stereocenters. The first-order chi connectivity index (χ1) is 12.1. The van der Waals surface area contributed by atoms with Crippen LogP contribution >= 0.6 is 22.6 Å². The average molecular weight is 442 g/mol. The van der Waals surface area contributed by atoms with Crippen molar-refractivity contribution >= 4 is 39.9 Å². The lowest BCUT2D eigenvalue weighted by molar-refractivity contribution is -0.384. The monoisotopic (exact) mass is 442 g/mol. The predicted octanol–water partition coefficient (Wildman–Crippen LogP) is 5.52. The van der Waals surface area contributed by atoms with E-state index in [1.54, 1.807) is 30.3 Å². The summed E-state index contributed by atoms with van der Waals surface area (Å²) in [6.07, 6.45) is 1.66. The third kappa shape index (κ3) is 3.95. The summed E-state index contributed by atoms with van der Waals surface area (Å²) in [5.74, 6) is 1.02. The molecular formula is C19H11IN2O3. The van der Waals surface area contributed by atoms with Crippen LogP contribution in [0.25, 0.3) is 23.0 Å². The van der Waals surface area contributed by atoms with E-state index in [2.05, 4.69) is 28.7 Å². The molecule has 0 N–H and O–H groups in total. The summed E-state index contributed by atoms with van der Waals surface area (Å²) in [5.41, 5.74) is 1.90. The predicted molar refractivity (Wildman–Crippen MR) is 103 cm³/mol. The van der Waals surface area contributed by atoms with Crippen LogP contribution in [0.4, 0.5) is 5.69 Å². The van der Waals surface area contributed by atoms with Gasteiger partial charge < -0.3 is 4.42 Å². The Morgan fingerprint density at radius 3 is 2.60 bits per heavy atom. The van der Waals surface area contributed by atoms with Gasteiger partial charge in [0.05, 0.1) is 16.6 Å². The second kappa shape index (κ2) is 7.32. The van der Waals surface area contributed by atoms with E-state index in [9.17, 15) is 15.4 Å². The molecule has 0 bridgehead atoms. The fourth-order valence-electron chi connectivity index (χ4n) is 2.31. The molecule has 0 aliphatic heterocycles. The molecule has 122 valence electrons. The van der Waals surface area contributed by atoms with Gasteiger partial charge in [-0.1, -0.05) is 24.3 Å². The first-order valence-corrected chi connectivity index (χ1v) is 8.37. The van der Waals surface area contributed by atoms with Gasteiger partial charge in [0.25, 0.3) is 5.69 Å². The number of nitrogens with zero attached hydrogens (tertiary/aromatic N) is 2. The van der Waals surface area contributed by atoms with Crippen LogP contribution in [-0.2, 0) is 0 Å². The molecule has 0 saturated carbocycles. The molecule has 0 spiro atoms. The molecule has 0 saturated heterocycles. The lowest BCUT2D eigenvalue weighted by atomic mass is 10.1. The summed E-state index contributed by atoms with van der Waals surface area (Å²) in [4.78, 5) is 10.4. The smallest absolute Gasteiger partial charge is 0.270 e. The minimum Gasteiger partial charge on any atom is -0.457 e. The van der Waals surface area contributed by atoms with Crippen molar-refractivity contribution in [2.75, 3.05) is 0 Å². The molecule has 5 nitrogen and oxygen atoms in total. The van der Waals surface area contributed by atoms with Crippen LogP contribution < -0.4 is 0 Å². The van der Waals surface area contributed by atoms with Gasteiger partial charge in [-0.3, -0.25) is 10.1 Å². The van der Waals surface area contributed by atoms with Crippen molar-refractivity contribution in [2.45, 2.75) is 0 Å². The van der Waals surface area contributed by atoms with Gasteiger partial charge in [0, 0.05) is 21.3 Å². The largest absolute Gasteiger partial charge is 0.457 e. The molecule has 6 heteroatoms. The Morgan fingerprint density at radius 1 is 1.16 bits per heavy atom. The minimum absolute atomic E-state index is 0.00240. The standard InChI is InChI=1S/C19H11IN2O3/c20-16-6-4-13(5-7-16)15(12-21)11-18-8-9-19(25-18)14-2-1-3-17(10-14)22(23)24/h1-11H/b15-11-. The van der Waals surface area contributed by atoms with E-state index in [1.807, 2.05) is 24.3 Å². The highest BCUT2D eigenvalue weighted by Gasteiger charge is 2.10. The Bertz CT molecular complexity index is 998. The van der Waals surface area contributed by atoms with Gasteiger partial charge in [0.2, 0.25) is 0 Å². The molecule has 25 heavy (non-hydrogen) atoms.